The molecule has 24 heavy (non-hydrogen) atoms. The summed E-state index contributed by atoms with van der Waals surface area (Å²) >= 11 is 0. The van der Waals surface area contributed by atoms with E-state index in [1.807, 2.05) is 60.7 Å². The molecule has 0 radical (unpaired) electrons. The molecule has 3 aromatic carbocycles. The van der Waals surface area contributed by atoms with Crippen LogP contribution in [0, 0.1) is 0 Å². The molecule has 0 fully saturated rings. The fourth-order valence-electron chi connectivity index (χ4n) is 3.10. The number of aromatic hydroxyl groups is 1. The topological polar surface area (TPSA) is 57.6 Å². The van der Waals surface area contributed by atoms with Crippen molar-refractivity contribution in [3.63, 3.8) is 0 Å². The van der Waals surface area contributed by atoms with Gasteiger partial charge in [0, 0.05) is 21.9 Å². The van der Waals surface area contributed by atoms with Crippen LogP contribution in [0.3, 0.4) is 0 Å². The summed E-state index contributed by atoms with van der Waals surface area (Å²) in [6.45, 7) is 0. The van der Waals surface area contributed by atoms with E-state index in [4.69, 9.17) is 4.84 Å². The van der Waals surface area contributed by atoms with Gasteiger partial charge in [0.05, 0.1) is 11.7 Å². The minimum absolute atomic E-state index is 0.199. The smallest absolute Gasteiger partial charge is 0.135 e. The van der Waals surface area contributed by atoms with Gasteiger partial charge in [-0.15, -0.1) is 0 Å². The Morgan fingerprint density at radius 2 is 1.75 bits per heavy atom. The van der Waals surface area contributed by atoms with Gasteiger partial charge in [-0.25, -0.2) is 0 Å². The second-order valence-corrected chi connectivity index (χ2v) is 5.56. The van der Waals surface area contributed by atoms with E-state index in [0.29, 0.717) is 5.56 Å². The van der Waals surface area contributed by atoms with Crippen molar-refractivity contribution in [2.45, 2.75) is 0 Å². The molecule has 118 valence electrons. The molecule has 4 aromatic rings. The highest BCUT2D eigenvalue weighted by Crippen LogP contribution is 2.39. The normalized spacial score (nSPS) is 11.5. The summed E-state index contributed by atoms with van der Waals surface area (Å²) in [5.41, 5.74) is 4.42. The minimum atomic E-state index is 0.199. The summed E-state index contributed by atoms with van der Waals surface area (Å²) in [4.78, 5) is 8.20. The van der Waals surface area contributed by atoms with Gasteiger partial charge in [0.1, 0.15) is 12.9 Å². The van der Waals surface area contributed by atoms with E-state index in [9.17, 15) is 5.11 Å². The molecular formula is C20H16N2O2. The van der Waals surface area contributed by atoms with Gasteiger partial charge in [-0.3, -0.25) is 0 Å². The van der Waals surface area contributed by atoms with Crippen molar-refractivity contribution in [2.24, 2.45) is 5.16 Å². The predicted octanol–water partition coefficient (Wildman–Crippen LogP) is 4.67. The molecule has 0 spiro atoms. The molecule has 0 aliphatic rings. The molecule has 2 N–H and O–H groups in total. The lowest BCUT2D eigenvalue weighted by Crippen LogP contribution is -1.91. The third-order valence-corrected chi connectivity index (χ3v) is 4.18. The SMILES string of the molecule is CO/N=C/c1c(-c2ccccc2)cc2[nH]c3ccccc3c2c1O. The van der Waals surface area contributed by atoms with Crippen molar-refractivity contribution in [1.29, 1.82) is 0 Å². The number of phenolic OH excluding ortho intramolecular Hbond substituents is 1. The zero-order chi connectivity index (χ0) is 16.5. The van der Waals surface area contributed by atoms with Gasteiger partial charge in [-0.2, -0.15) is 0 Å². The van der Waals surface area contributed by atoms with Crippen LogP contribution < -0.4 is 0 Å². The number of aromatic amines is 1. The maximum atomic E-state index is 10.9. The van der Waals surface area contributed by atoms with Gasteiger partial charge >= 0.3 is 0 Å². The number of hydrogen-bond donors (Lipinski definition) is 2. The fourth-order valence-corrected chi connectivity index (χ4v) is 3.10. The van der Waals surface area contributed by atoms with Gasteiger partial charge in [0.15, 0.2) is 0 Å². The van der Waals surface area contributed by atoms with Gasteiger partial charge < -0.3 is 14.9 Å². The van der Waals surface area contributed by atoms with E-state index in [-0.39, 0.29) is 5.75 Å². The van der Waals surface area contributed by atoms with Gasteiger partial charge in [-0.1, -0.05) is 53.7 Å². The molecule has 1 heterocycles. The Balaban J connectivity index is 2.11. The Morgan fingerprint density at radius 1 is 1.00 bits per heavy atom. The predicted molar refractivity (Wildman–Crippen MR) is 97.5 cm³/mol. The Labute approximate surface area is 139 Å². The number of phenols is 1. The standard InChI is InChI=1S/C20H16N2O2/c1-24-21-12-16-15(13-7-3-2-4-8-13)11-18-19(20(16)23)14-9-5-6-10-17(14)22-18/h2-12,22-23H,1H3/b21-12+. The van der Waals surface area contributed by atoms with Crippen LogP contribution in [0.4, 0.5) is 0 Å². The molecule has 4 heteroatoms. The molecule has 0 aliphatic heterocycles. The second-order valence-electron chi connectivity index (χ2n) is 5.56. The third kappa shape index (κ3) is 2.20. The Hall–Kier alpha value is -3.27. The second kappa shape index (κ2) is 5.74. The van der Waals surface area contributed by atoms with Crippen molar-refractivity contribution in [2.75, 3.05) is 7.11 Å². The summed E-state index contributed by atoms with van der Waals surface area (Å²) in [5, 5.41) is 16.6. The van der Waals surface area contributed by atoms with Crippen LogP contribution in [-0.2, 0) is 4.84 Å². The highest BCUT2D eigenvalue weighted by Gasteiger charge is 2.16. The molecule has 0 saturated carbocycles. The van der Waals surface area contributed by atoms with Gasteiger partial charge in [0.25, 0.3) is 0 Å². The van der Waals surface area contributed by atoms with Crippen LogP contribution in [-0.4, -0.2) is 23.4 Å². The average molecular weight is 316 g/mol. The number of rotatable bonds is 3. The van der Waals surface area contributed by atoms with E-state index in [0.717, 1.165) is 32.9 Å². The molecule has 0 aliphatic carbocycles. The maximum absolute atomic E-state index is 10.9. The van der Waals surface area contributed by atoms with Crippen LogP contribution in [0.5, 0.6) is 5.75 Å². The average Bonchev–Trinajstić information content (AvgIpc) is 3.00. The van der Waals surface area contributed by atoms with E-state index < -0.39 is 0 Å². The highest BCUT2D eigenvalue weighted by molar-refractivity contribution is 6.15. The number of oxime groups is 1. The van der Waals surface area contributed by atoms with Crippen LogP contribution in [0.25, 0.3) is 32.9 Å². The largest absolute Gasteiger partial charge is 0.507 e. The monoisotopic (exact) mass is 316 g/mol. The maximum Gasteiger partial charge on any atom is 0.135 e. The lowest BCUT2D eigenvalue weighted by Gasteiger charge is -2.10. The number of benzene rings is 3. The summed E-state index contributed by atoms with van der Waals surface area (Å²) < 4.78 is 0. The molecule has 0 bridgehead atoms. The summed E-state index contributed by atoms with van der Waals surface area (Å²) in [5.74, 6) is 0.199. The number of para-hydroxylation sites is 1. The number of fused-ring (bicyclic) bond motifs is 3. The van der Waals surface area contributed by atoms with E-state index in [1.165, 1.54) is 7.11 Å². The van der Waals surface area contributed by atoms with Gasteiger partial charge in [0.2, 0.25) is 0 Å². The van der Waals surface area contributed by atoms with E-state index in [2.05, 4.69) is 10.1 Å². The molecule has 4 rings (SSSR count). The number of nitrogens with zero attached hydrogens (tertiary/aromatic N) is 1. The first kappa shape index (κ1) is 14.3. The Kier molecular flexibility index (Phi) is 3.43. The summed E-state index contributed by atoms with van der Waals surface area (Å²) in [6, 6.07) is 19.9. The lowest BCUT2D eigenvalue weighted by atomic mass is 9.96. The first-order valence-electron chi connectivity index (χ1n) is 7.68. The molecule has 0 saturated heterocycles. The molecule has 0 unspecified atom stereocenters. The first-order chi connectivity index (χ1) is 11.8. The number of aromatic nitrogens is 1. The van der Waals surface area contributed by atoms with E-state index >= 15 is 0 Å². The number of nitrogens with one attached hydrogen (secondary N) is 1. The van der Waals surface area contributed by atoms with Crippen molar-refractivity contribution in [3.05, 3.63) is 66.2 Å². The van der Waals surface area contributed by atoms with Gasteiger partial charge in [-0.05, 0) is 23.3 Å². The molecule has 0 amide bonds. The fraction of sp³-hybridized carbons (Fsp3) is 0.0500. The zero-order valence-corrected chi connectivity index (χ0v) is 13.2. The zero-order valence-electron chi connectivity index (χ0n) is 13.2. The third-order valence-electron chi connectivity index (χ3n) is 4.18. The van der Waals surface area contributed by atoms with Crippen molar-refractivity contribution < 1.29 is 9.94 Å². The quantitative estimate of drug-likeness (QED) is 0.426. The summed E-state index contributed by atoms with van der Waals surface area (Å²) in [6.07, 6.45) is 1.55. The minimum Gasteiger partial charge on any atom is -0.507 e. The van der Waals surface area contributed by atoms with Crippen LogP contribution >= 0.6 is 0 Å². The number of H-pyrrole nitrogens is 1. The molecule has 0 atom stereocenters. The van der Waals surface area contributed by atoms with Crippen LogP contribution in [0.1, 0.15) is 5.56 Å². The first-order valence-corrected chi connectivity index (χ1v) is 7.68. The van der Waals surface area contributed by atoms with Crippen LogP contribution in [0.2, 0.25) is 0 Å². The number of hydrogen-bond acceptors (Lipinski definition) is 3. The summed E-state index contributed by atoms with van der Waals surface area (Å²) in [7, 11) is 1.49. The van der Waals surface area contributed by atoms with Crippen molar-refractivity contribution in [3.8, 4) is 16.9 Å². The van der Waals surface area contributed by atoms with Crippen LogP contribution in [0.15, 0.2) is 65.8 Å². The van der Waals surface area contributed by atoms with E-state index in [1.54, 1.807) is 6.21 Å². The molecule has 4 nitrogen and oxygen atoms in total. The van der Waals surface area contributed by atoms with Crippen molar-refractivity contribution in [1.82, 2.24) is 4.98 Å². The highest BCUT2D eigenvalue weighted by atomic mass is 16.6. The van der Waals surface area contributed by atoms with Crippen molar-refractivity contribution >= 4 is 28.0 Å². The Morgan fingerprint density at radius 3 is 2.54 bits per heavy atom. The molecule has 1 aromatic heterocycles. The molecular weight excluding hydrogens is 300 g/mol. The Bertz CT molecular complexity index is 1050. The lowest BCUT2D eigenvalue weighted by molar-refractivity contribution is 0.215.